The largest absolute Gasteiger partial charge is 0.319 e. The van der Waals surface area contributed by atoms with E-state index in [1.165, 1.54) is 3.57 Å². The number of hydrogen-bond donors (Lipinski definition) is 1. The van der Waals surface area contributed by atoms with E-state index in [2.05, 4.69) is 53.1 Å². The second kappa shape index (κ2) is 4.95. The van der Waals surface area contributed by atoms with Gasteiger partial charge in [-0.2, -0.15) is 5.10 Å². The minimum absolute atomic E-state index is 0.455. The molecular weight excluding hydrogens is 277 g/mol. The molecule has 0 fully saturated rings. The van der Waals surface area contributed by atoms with Gasteiger partial charge in [0.2, 0.25) is 0 Å². The van der Waals surface area contributed by atoms with Gasteiger partial charge >= 0.3 is 0 Å². The van der Waals surface area contributed by atoms with Crippen LogP contribution in [-0.4, -0.2) is 23.4 Å². The highest BCUT2D eigenvalue weighted by Crippen LogP contribution is 2.16. The zero-order chi connectivity index (χ0) is 9.84. The Morgan fingerprint density at radius 3 is 2.77 bits per heavy atom. The maximum atomic E-state index is 4.30. The summed E-state index contributed by atoms with van der Waals surface area (Å²) in [5.41, 5.74) is 0. The van der Waals surface area contributed by atoms with E-state index >= 15 is 0 Å². The molecule has 0 bridgehead atoms. The van der Waals surface area contributed by atoms with Gasteiger partial charge in [0.05, 0.1) is 15.8 Å². The molecule has 3 nitrogen and oxygen atoms in total. The van der Waals surface area contributed by atoms with Crippen molar-refractivity contribution < 1.29 is 0 Å². The van der Waals surface area contributed by atoms with Crippen LogP contribution in [0.5, 0.6) is 0 Å². The van der Waals surface area contributed by atoms with Gasteiger partial charge in [-0.15, -0.1) is 0 Å². The summed E-state index contributed by atoms with van der Waals surface area (Å²) in [4.78, 5) is 0. The predicted octanol–water partition coefficient (Wildman–Crippen LogP) is 1.90. The Bertz CT molecular complexity index is 259. The molecule has 1 N–H and O–H groups in total. The first-order chi connectivity index (χ1) is 6.15. The van der Waals surface area contributed by atoms with E-state index in [0.717, 1.165) is 6.54 Å². The molecule has 1 rings (SSSR count). The summed E-state index contributed by atoms with van der Waals surface area (Å²) in [5, 5.41) is 7.48. The lowest BCUT2D eigenvalue weighted by Gasteiger charge is -2.19. The fourth-order valence-electron chi connectivity index (χ4n) is 1.29. The van der Waals surface area contributed by atoms with Crippen LogP contribution in [0.2, 0.25) is 0 Å². The van der Waals surface area contributed by atoms with Gasteiger partial charge in [0.15, 0.2) is 0 Å². The van der Waals surface area contributed by atoms with Crippen molar-refractivity contribution in [2.75, 3.05) is 13.6 Å². The van der Waals surface area contributed by atoms with Crippen molar-refractivity contribution in [2.45, 2.75) is 19.9 Å². The highest BCUT2D eigenvalue weighted by molar-refractivity contribution is 14.1. The van der Waals surface area contributed by atoms with Crippen LogP contribution in [0.4, 0.5) is 0 Å². The van der Waals surface area contributed by atoms with Crippen molar-refractivity contribution in [3.63, 3.8) is 0 Å². The number of hydrogen-bond acceptors (Lipinski definition) is 2. The monoisotopic (exact) mass is 293 g/mol. The van der Waals surface area contributed by atoms with E-state index in [9.17, 15) is 0 Å². The molecule has 0 aliphatic carbocycles. The maximum absolute atomic E-state index is 4.30. The van der Waals surface area contributed by atoms with E-state index in [-0.39, 0.29) is 0 Å². The maximum Gasteiger partial charge on any atom is 0.0623 e. The Hall–Kier alpha value is -0.100. The average molecular weight is 293 g/mol. The van der Waals surface area contributed by atoms with Crippen molar-refractivity contribution in [1.29, 1.82) is 0 Å². The predicted molar refractivity (Wildman–Crippen MR) is 62.7 cm³/mol. The fourth-order valence-corrected chi connectivity index (χ4v) is 1.70. The van der Waals surface area contributed by atoms with Gasteiger partial charge in [0, 0.05) is 6.20 Å². The molecule has 1 aromatic heterocycles. The Labute approximate surface area is 93.0 Å². The summed E-state index contributed by atoms with van der Waals surface area (Å²) in [6.07, 6.45) is 3.97. The zero-order valence-electron chi connectivity index (χ0n) is 8.29. The zero-order valence-corrected chi connectivity index (χ0v) is 10.4. The van der Waals surface area contributed by atoms with Crippen LogP contribution in [-0.2, 0) is 0 Å². The second-order valence-electron chi connectivity index (χ2n) is 3.41. The van der Waals surface area contributed by atoms with Crippen LogP contribution in [0.1, 0.15) is 19.9 Å². The van der Waals surface area contributed by atoms with Crippen molar-refractivity contribution in [3.05, 3.63) is 16.0 Å². The molecule has 0 radical (unpaired) electrons. The number of nitrogens with zero attached hydrogens (tertiary/aromatic N) is 2. The van der Waals surface area contributed by atoms with Crippen molar-refractivity contribution in [1.82, 2.24) is 15.1 Å². The molecule has 74 valence electrons. The van der Waals surface area contributed by atoms with E-state index < -0.39 is 0 Å². The van der Waals surface area contributed by atoms with Gasteiger partial charge in [-0.1, -0.05) is 6.92 Å². The van der Waals surface area contributed by atoms with Crippen LogP contribution >= 0.6 is 22.6 Å². The molecule has 1 heterocycles. The molecule has 0 aromatic carbocycles. The van der Waals surface area contributed by atoms with E-state index in [0.29, 0.717) is 12.0 Å². The summed E-state index contributed by atoms with van der Waals surface area (Å²) in [5.74, 6) is 0.598. The standard InChI is InChI=1S/C9H16IN3/c1-7(4-11-3)8(2)13-6-9(10)5-12-13/h5-8,11H,4H2,1-3H3. The quantitative estimate of drug-likeness (QED) is 0.859. The summed E-state index contributed by atoms with van der Waals surface area (Å²) in [6, 6.07) is 0.455. The van der Waals surface area contributed by atoms with Crippen LogP contribution in [0, 0.1) is 9.49 Å². The van der Waals surface area contributed by atoms with E-state index in [4.69, 9.17) is 0 Å². The van der Waals surface area contributed by atoms with Crippen LogP contribution in [0.15, 0.2) is 12.4 Å². The molecule has 0 aliphatic rings. The lowest BCUT2D eigenvalue weighted by atomic mass is 10.0. The lowest BCUT2D eigenvalue weighted by Crippen LogP contribution is -2.24. The minimum Gasteiger partial charge on any atom is -0.319 e. The molecule has 2 atom stereocenters. The first kappa shape index (κ1) is 11.0. The summed E-state index contributed by atoms with van der Waals surface area (Å²) >= 11 is 2.28. The summed E-state index contributed by atoms with van der Waals surface area (Å²) in [6.45, 7) is 5.46. The molecule has 0 saturated carbocycles. The molecule has 0 spiro atoms. The molecule has 2 unspecified atom stereocenters. The van der Waals surface area contributed by atoms with E-state index in [1.807, 2.05) is 17.9 Å². The molecule has 1 aromatic rings. The smallest absolute Gasteiger partial charge is 0.0623 e. The number of nitrogens with one attached hydrogen (secondary N) is 1. The highest BCUT2D eigenvalue weighted by Gasteiger charge is 2.13. The van der Waals surface area contributed by atoms with Crippen LogP contribution < -0.4 is 5.32 Å². The summed E-state index contributed by atoms with van der Waals surface area (Å²) < 4.78 is 3.23. The Balaban J connectivity index is 2.61. The normalized spacial score (nSPS) is 15.7. The fraction of sp³-hybridized carbons (Fsp3) is 0.667. The average Bonchev–Trinajstić information content (AvgIpc) is 2.51. The van der Waals surface area contributed by atoms with Crippen LogP contribution in [0.3, 0.4) is 0 Å². The van der Waals surface area contributed by atoms with Gasteiger partial charge < -0.3 is 5.32 Å². The highest BCUT2D eigenvalue weighted by atomic mass is 127. The first-order valence-electron chi connectivity index (χ1n) is 4.49. The third kappa shape index (κ3) is 2.95. The Kier molecular flexibility index (Phi) is 4.18. The Morgan fingerprint density at radius 1 is 1.62 bits per heavy atom. The molecule has 0 saturated heterocycles. The van der Waals surface area contributed by atoms with Crippen molar-refractivity contribution in [3.8, 4) is 0 Å². The number of rotatable bonds is 4. The third-order valence-electron chi connectivity index (χ3n) is 2.34. The third-order valence-corrected chi connectivity index (χ3v) is 2.89. The van der Waals surface area contributed by atoms with Crippen LogP contribution in [0.25, 0.3) is 0 Å². The molecular formula is C9H16IN3. The van der Waals surface area contributed by atoms with Gasteiger partial charge in [0.25, 0.3) is 0 Å². The molecule has 13 heavy (non-hydrogen) atoms. The topological polar surface area (TPSA) is 29.9 Å². The molecule has 4 heteroatoms. The number of aromatic nitrogens is 2. The molecule has 0 aliphatic heterocycles. The van der Waals surface area contributed by atoms with Gasteiger partial charge in [0.1, 0.15) is 0 Å². The van der Waals surface area contributed by atoms with Crippen molar-refractivity contribution >= 4 is 22.6 Å². The Morgan fingerprint density at radius 2 is 2.31 bits per heavy atom. The first-order valence-corrected chi connectivity index (χ1v) is 5.57. The van der Waals surface area contributed by atoms with E-state index in [1.54, 1.807) is 0 Å². The van der Waals surface area contributed by atoms with Gasteiger partial charge in [-0.3, -0.25) is 4.68 Å². The lowest BCUT2D eigenvalue weighted by molar-refractivity contribution is 0.344. The van der Waals surface area contributed by atoms with Gasteiger partial charge in [-0.05, 0) is 49.0 Å². The van der Waals surface area contributed by atoms with Crippen molar-refractivity contribution in [2.24, 2.45) is 5.92 Å². The number of halogens is 1. The summed E-state index contributed by atoms with van der Waals surface area (Å²) in [7, 11) is 1.98. The minimum atomic E-state index is 0.455. The SMILES string of the molecule is CNCC(C)C(C)n1cc(I)cn1. The van der Waals surface area contributed by atoms with Gasteiger partial charge in [-0.25, -0.2) is 0 Å². The molecule has 0 amide bonds. The second-order valence-corrected chi connectivity index (χ2v) is 4.66.